The molecule has 0 saturated heterocycles. The lowest BCUT2D eigenvalue weighted by molar-refractivity contribution is -0.111. The fourth-order valence-corrected chi connectivity index (χ4v) is 3.56. The number of nitrogens with one attached hydrogen (secondary N) is 1. The van der Waals surface area contributed by atoms with E-state index in [2.05, 4.69) is 10.3 Å². The van der Waals surface area contributed by atoms with Crippen LogP contribution < -0.4 is 10.1 Å². The summed E-state index contributed by atoms with van der Waals surface area (Å²) in [5, 5.41) is 4.94. The van der Waals surface area contributed by atoms with Crippen LogP contribution in [-0.4, -0.2) is 17.5 Å². The zero-order chi connectivity index (χ0) is 21.3. The summed E-state index contributed by atoms with van der Waals surface area (Å²) in [4.78, 5) is 17.0. The molecule has 1 N–H and O–H groups in total. The van der Waals surface area contributed by atoms with Crippen LogP contribution in [0, 0.1) is 13.8 Å². The second-order valence-electron chi connectivity index (χ2n) is 7.29. The SMILES string of the molecule is CCOc1cc2oc(C)c(C)c2cc1/C(C)=C/C(=O)Nc1ccc2ncccc2c1. The zero-order valence-electron chi connectivity index (χ0n) is 17.6. The lowest BCUT2D eigenvalue weighted by Crippen LogP contribution is -2.08. The minimum atomic E-state index is -0.196. The molecule has 152 valence electrons. The fourth-order valence-electron chi connectivity index (χ4n) is 3.56. The van der Waals surface area contributed by atoms with Gasteiger partial charge in [-0.2, -0.15) is 0 Å². The van der Waals surface area contributed by atoms with Crippen LogP contribution in [0.25, 0.3) is 27.4 Å². The van der Waals surface area contributed by atoms with Crippen molar-refractivity contribution >= 4 is 39.0 Å². The Hall–Kier alpha value is -3.60. The van der Waals surface area contributed by atoms with Crippen molar-refractivity contribution in [1.82, 2.24) is 4.98 Å². The third-order valence-electron chi connectivity index (χ3n) is 5.22. The summed E-state index contributed by atoms with van der Waals surface area (Å²) in [7, 11) is 0. The van der Waals surface area contributed by atoms with E-state index in [1.807, 2.05) is 70.2 Å². The summed E-state index contributed by atoms with van der Waals surface area (Å²) in [5.74, 6) is 1.39. The number of carbonyl (C=O) groups is 1. The molecule has 5 nitrogen and oxygen atoms in total. The number of rotatable bonds is 5. The number of carbonyl (C=O) groups excluding carboxylic acids is 1. The van der Waals surface area contributed by atoms with Crippen molar-refractivity contribution < 1.29 is 13.9 Å². The Bertz CT molecular complexity index is 1280. The van der Waals surface area contributed by atoms with Gasteiger partial charge in [-0.05, 0) is 69.2 Å². The molecule has 0 aliphatic carbocycles. The molecule has 0 fully saturated rings. The van der Waals surface area contributed by atoms with Crippen LogP contribution in [-0.2, 0) is 4.79 Å². The molecular formula is C25H24N2O3. The van der Waals surface area contributed by atoms with Crippen LogP contribution >= 0.6 is 0 Å². The van der Waals surface area contributed by atoms with Gasteiger partial charge < -0.3 is 14.5 Å². The van der Waals surface area contributed by atoms with Crippen molar-refractivity contribution in [3.05, 3.63) is 71.6 Å². The van der Waals surface area contributed by atoms with E-state index in [9.17, 15) is 4.79 Å². The van der Waals surface area contributed by atoms with E-state index in [4.69, 9.17) is 9.15 Å². The number of nitrogens with zero attached hydrogens (tertiary/aromatic N) is 1. The number of pyridine rings is 1. The normalized spacial score (nSPS) is 11.8. The first kappa shape index (κ1) is 19.7. The number of allylic oxidation sites excluding steroid dienone is 1. The van der Waals surface area contributed by atoms with Crippen molar-refractivity contribution in [2.75, 3.05) is 11.9 Å². The quantitative estimate of drug-likeness (QED) is 0.415. The summed E-state index contributed by atoms with van der Waals surface area (Å²) in [6.45, 7) is 8.36. The second kappa shape index (κ2) is 8.03. The molecule has 0 aliphatic rings. The van der Waals surface area contributed by atoms with E-state index in [-0.39, 0.29) is 5.91 Å². The number of hydrogen-bond donors (Lipinski definition) is 1. The average Bonchev–Trinajstić information content (AvgIpc) is 3.00. The Balaban J connectivity index is 1.65. The largest absolute Gasteiger partial charge is 0.493 e. The van der Waals surface area contributed by atoms with Crippen LogP contribution in [0.5, 0.6) is 5.75 Å². The summed E-state index contributed by atoms with van der Waals surface area (Å²) in [6.07, 6.45) is 3.35. The third-order valence-corrected chi connectivity index (χ3v) is 5.22. The number of amides is 1. The molecule has 4 aromatic rings. The Kier molecular flexibility index (Phi) is 5.27. The second-order valence-corrected chi connectivity index (χ2v) is 7.29. The minimum absolute atomic E-state index is 0.196. The lowest BCUT2D eigenvalue weighted by Gasteiger charge is -2.11. The van der Waals surface area contributed by atoms with Crippen LogP contribution in [0.2, 0.25) is 0 Å². The molecule has 30 heavy (non-hydrogen) atoms. The summed E-state index contributed by atoms with van der Waals surface area (Å²) < 4.78 is 11.7. The van der Waals surface area contributed by atoms with Gasteiger partial charge in [0.05, 0.1) is 12.1 Å². The maximum atomic E-state index is 12.7. The van der Waals surface area contributed by atoms with E-state index in [1.165, 1.54) is 0 Å². The molecule has 5 heteroatoms. The van der Waals surface area contributed by atoms with Crippen LogP contribution in [0.4, 0.5) is 5.69 Å². The molecule has 0 bridgehead atoms. The third kappa shape index (κ3) is 3.79. The topological polar surface area (TPSA) is 64.4 Å². The molecule has 0 saturated carbocycles. The number of furan rings is 1. The van der Waals surface area contributed by atoms with Crippen molar-refractivity contribution in [2.45, 2.75) is 27.7 Å². The van der Waals surface area contributed by atoms with Gasteiger partial charge in [-0.15, -0.1) is 0 Å². The number of benzene rings is 2. The highest BCUT2D eigenvalue weighted by atomic mass is 16.5. The van der Waals surface area contributed by atoms with Crippen molar-refractivity contribution in [1.29, 1.82) is 0 Å². The Labute approximate surface area is 175 Å². The van der Waals surface area contributed by atoms with Gasteiger partial charge in [0.15, 0.2) is 0 Å². The van der Waals surface area contributed by atoms with Gasteiger partial charge in [-0.25, -0.2) is 0 Å². The van der Waals surface area contributed by atoms with Crippen LogP contribution in [0.1, 0.15) is 30.7 Å². The van der Waals surface area contributed by atoms with E-state index >= 15 is 0 Å². The predicted molar refractivity (Wildman–Crippen MR) is 121 cm³/mol. The summed E-state index contributed by atoms with van der Waals surface area (Å²) >= 11 is 0. The van der Waals surface area contributed by atoms with Crippen LogP contribution in [0.15, 0.2) is 59.2 Å². The maximum absolute atomic E-state index is 12.7. The van der Waals surface area contributed by atoms with Gasteiger partial charge >= 0.3 is 0 Å². The molecular weight excluding hydrogens is 376 g/mol. The molecule has 2 aromatic heterocycles. The number of hydrogen-bond acceptors (Lipinski definition) is 4. The maximum Gasteiger partial charge on any atom is 0.248 e. The predicted octanol–water partition coefficient (Wildman–Crippen LogP) is 6.04. The fraction of sp³-hybridized carbons (Fsp3) is 0.200. The molecule has 0 spiro atoms. The molecule has 0 radical (unpaired) electrons. The van der Waals surface area contributed by atoms with E-state index in [0.29, 0.717) is 12.4 Å². The molecule has 0 unspecified atom stereocenters. The first-order valence-electron chi connectivity index (χ1n) is 9.97. The number of aromatic nitrogens is 1. The Morgan fingerprint density at radius 1 is 1.20 bits per heavy atom. The highest BCUT2D eigenvalue weighted by Gasteiger charge is 2.14. The molecule has 4 rings (SSSR count). The molecule has 0 aliphatic heterocycles. The highest BCUT2D eigenvalue weighted by Crippen LogP contribution is 2.35. The van der Waals surface area contributed by atoms with Gasteiger partial charge in [0.1, 0.15) is 17.1 Å². The van der Waals surface area contributed by atoms with Crippen molar-refractivity contribution in [2.24, 2.45) is 0 Å². The van der Waals surface area contributed by atoms with Gasteiger partial charge in [0, 0.05) is 40.4 Å². The number of fused-ring (bicyclic) bond motifs is 2. The van der Waals surface area contributed by atoms with Crippen LogP contribution in [0.3, 0.4) is 0 Å². The minimum Gasteiger partial charge on any atom is -0.493 e. The van der Waals surface area contributed by atoms with Gasteiger partial charge in [0.25, 0.3) is 0 Å². The van der Waals surface area contributed by atoms with Crippen molar-refractivity contribution in [3.8, 4) is 5.75 Å². The summed E-state index contributed by atoms with van der Waals surface area (Å²) in [5.41, 5.74) is 5.20. The zero-order valence-corrected chi connectivity index (χ0v) is 17.6. The van der Waals surface area contributed by atoms with Gasteiger partial charge in [-0.3, -0.25) is 9.78 Å². The molecule has 1 amide bonds. The van der Waals surface area contributed by atoms with Gasteiger partial charge in [-0.1, -0.05) is 6.07 Å². The lowest BCUT2D eigenvalue weighted by atomic mass is 10.0. The number of ether oxygens (including phenoxy) is 1. The van der Waals surface area contributed by atoms with E-state index in [0.717, 1.165) is 50.0 Å². The van der Waals surface area contributed by atoms with E-state index < -0.39 is 0 Å². The highest BCUT2D eigenvalue weighted by molar-refractivity contribution is 6.05. The molecule has 2 heterocycles. The average molecular weight is 400 g/mol. The Morgan fingerprint density at radius 2 is 2.03 bits per heavy atom. The smallest absolute Gasteiger partial charge is 0.248 e. The first-order chi connectivity index (χ1) is 14.5. The number of anilines is 1. The first-order valence-corrected chi connectivity index (χ1v) is 9.97. The Morgan fingerprint density at radius 3 is 2.83 bits per heavy atom. The number of aryl methyl sites for hydroxylation is 2. The van der Waals surface area contributed by atoms with Crippen molar-refractivity contribution in [3.63, 3.8) is 0 Å². The standard InChI is InChI=1S/C25H24N2O3/c1-5-29-23-14-24-21(16(3)17(4)30-24)13-20(23)15(2)11-25(28)27-19-8-9-22-18(12-19)7-6-10-26-22/h6-14H,5H2,1-4H3,(H,27,28)/b15-11+. The molecule has 2 aromatic carbocycles. The summed E-state index contributed by atoms with van der Waals surface area (Å²) in [6, 6.07) is 13.4. The van der Waals surface area contributed by atoms with Gasteiger partial charge in [0.2, 0.25) is 5.91 Å². The monoisotopic (exact) mass is 400 g/mol. The van der Waals surface area contributed by atoms with E-state index in [1.54, 1.807) is 12.3 Å². The molecule has 0 atom stereocenters.